The monoisotopic (exact) mass is 319 g/mol. The van der Waals surface area contributed by atoms with Crippen LogP contribution in [0.5, 0.6) is 0 Å². The van der Waals surface area contributed by atoms with Crippen LogP contribution in [0.15, 0.2) is 59.5 Å². The summed E-state index contributed by atoms with van der Waals surface area (Å²) in [7, 11) is 0. The first-order valence-corrected chi connectivity index (χ1v) is 7.85. The quantitative estimate of drug-likeness (QED) is 0.688. The molecule has 1 aromatic heterocycles. The van der Waals surface area contributed by atoms with Gasteiger partial charge in [-0.1, -0.05) is 41.9 Å². The van der Waals surface area contributed by atoms with Crippen LogP contribution in [-0.4, -0.2) is 9.36 Å². The third-order valence-corrected chi connectivity index (χ3v) is 4.34. The zero-order valence-electron chi connectivity index (χ0n) is 10.3. The van der Waals surface area contributed by atoms with Gasteiger partial charge in [-0.25, -0.2) is 0 Å². The summed E-state index contributed by atoms with van der Waals surface area (Å²) >= 11 is 8.69. The third kappa shape index (κ3) is 3.30. The van der Waals surface area contributed by atoms with E-state index >= 15 is 0 Å². The Morgan fingerprint density at radius 1 is 1.00 bits per heavy atom. The number of halogens is 1. The van der Waals surface area contributed by atoms with Crippen LogP contribution in [0.4, 0.5) is 5.13 Å². The van der Waals surface area contributed by atoms with Crippen molar-refractivity contribution in [3.05, 3.63) is 59.6 Å². The van der Waals surface area contributed by atoms with Crippen LogP contribution in [0.2, 0.25) is 5.02 Å². The van der Waals surface area contributed by atoms with Crippen LogP contribution in [0.1, 0.15) is 0 Å². The maximum absolute atomic E-state index is 5.85. The van der Waals surface area contributed by atoms with Crippen molar-refractivity contribution in [3.63, 3.8) is 0 Å². The number of benzene rings is 2. The summed E-state index contributed by atoms with van der Waals surface area (Å²) in [6.45, 7) is 0. The predicted molar refractivity (Wildman–Crippen MR) is 86.3 cm³/mol. The molecule has 0 amide bonds. The van der Waals surface area contributed by atoms with Gasteiger partial charge in [0, 0.05) is 27.0 Å². The Kier molecular flexibility index (Phi) is 4.20. The molecule has 0 unspecified atom stereocenters. The van der Waals surface area contributed by atoms with Crippen LogP contribution in [-0.2, 0) is 0 Å². The minimum atomic E-state index is 0.733. The third-order valence-electron chi connectivity index (χ3n) is 2.53. The summed E-state index contributed by atoms with van der Waals surface area (Å²) in [6.07, 6.45) is 0. The van der Waals surface area contributed by atoms with E-state index in [1.807, 2.05) is 54.6 Å². The molecule has 6 heteroatoms. The fourth-order valence-electron chi connectivity index (χ4n) is 1.57. The largest absolute Gasteiger partial charge is 0.300 e. The van der Waals surface area contributed by atoms with Gasteiger partial charge >= 0.3 is 0 Å². The summed E-state index contributed by atoms with van der Waals surface area (Å²) in [5, 5.41) is 1.51. The first kappa shape index (κ1) is 13.4. The molecule has 0 atom stereocenters. The highest BCUT2D eigenvalue weighted by Crippen LogP contribution is 2.26. The van der Waals surface area contributed by atoms with Crippen molar-refractivity contribution in [1.29, 1.82) is 0 Å². The van der Waals surface area contributed by atoms with E-state index in [0.29, 0.717) is 0 Å². The van der Waals surface area contributed by atoms with E-state index < -0.39 is 0 Å². The van der Waals surface area contributed by atoms with Crippen molar-refractivity contribution >= 4 is 40.2 Å². The Labute approximate surface area is 130 Å². The van der Waals surface area contributed by atoms with E-state index in [-0.39, 0.29) is 0 Å². The van der Waals surface area contributed by atoms with Crippen LogP contribution in [0.25, 0.3) is 11.4 Å². The highest BCUT2D eigenvalue weighted by Gasteiger charge is 2.06. The molecule has 0 bridgehead atoms. The fraction of sp³-hybridized carbons (Fsp3) is 0. The average molecular weight is 320 g/mol. The van der Waals surface area contributed by atoms with Crippen molar-refractivity contribution < 1.29 is 0 Å². The van der Waals surface area contributed by atoms with Crippen LogP contribution >= 0.6 is 35.1 Å². The number of aromatic nitrogens is 2. The molecule has 0 aliphatic heterocycles. The zero-order valence-corrected chi connectivity index (χ0v) is 12.7. The minimum absolute atomic E-state index is 0.733. The van der Waals surface area contributed by atoms with Crippen molar-refractivity contribution in [3.8, 4) is 11.4 Å². The van der Waals surface area contributed by atoms with E-state index in [0.717, 1.165) is 26.4 Å². The fourth-order valence-corrected chi connectivity index (χ4v) is 2.94. The van der Waals surface area contributed by atoms with Crippen molar-refractivity contribution in [2.45, 2.75) is 4.90 Å². The van der Waals surface area contributed by atoms with Gasteiger partial charge < -0.3 is 4.72 Å². The number of nitrogens with one attached hydrogen (secondary N) is 1. The number of anilines is 1. The maximum atomic E-state index is 5.85. The summed E-state index contributed by atoms with van der Waals surface area (Å²) in [6, 6.07) is 17.6. The van der Waals surface area contributed by atoms with E-state index in [1.165, 1.54) is 23.5 Å². The second kappa shape index (κ2) is 6.26. The van der Waals surface area contributed by atoms with E-state index in [4.69, 9.17) is 11.6 Å². The lowest BCUT2D eigenvalue weighted by Crippen LogP contribution is -1.86. The predicted octanol–water partition coefficient (Wildman–Crippen LogP) is 4.98. The van der Waals surface area contributed by atoms with Gasteiger partial charge in [0.2, 0.25) is 5.13 Å². The minimum Gasteiger partial charge on any atom is -0.300 e. The highest BCUT2D eigenvalue weighted by molar-refractivity contribution is 8.00. The average Bonchev–Trinajstić information content (AvgIpc) is 2.97. The van der Waals surface area contributed by atoms with Gasteiger partial charge in [-0.05, 0) is 36.2 Å². The van der Waals surface area contributed by atoms with Gasteiger partial charge in [0.1, 0.15) is 0 Å². The van der Waals surface area contributed by atoms with Gasteiger partial charge in [0.15, 0.2) is 5.82 Å². The molecule has 0 saturated carbocycles. The first-order valence-electron chi connectivity index (χ1n) is 5.89. The van der Waals surface area contributed by atoms with Crippen LogP contribution in [0, 0.1) is 0 Å². The van der Waals surface area contributed by atoms with Crippen LogP contribution < -0.4 is 4.72 Å². The molecular weight excluding hydrogens is 310 g/mol. The molecule has 3 rings (SSSR count). The van der Waals surface area contributed by atoms with E-state index in [2.05, 4.69) is 14.1 Å². The second-order valence-electron chi connectivity index (χ2n) is 3.95. The van der Waals surface area contributed by atoms with Gasteiger partial charge in [-0.2, -0.15) is 9.36 Å². The molecule has 0 fully saturated rings. The number of nitrogens with zero attached hydrogens (tertiary/aromatic N) is 2. The Balaban J connectivity index is 1.67. The molecule has 0 radical (unpaired) electrons. The lowest BCUT2D eigenvalue weighted by Gasteiger charge is -2.00. The number of hydrogen-bond acceptors (Lipinski definition) is 5. The summed E-state index contributed by atoms with van der Waals surface area (Å²) in [4.78, 5) is 5.54. The van der Waals surface area contributed by atoms with E-state index in [9.17, 15) is 0 Å². The lowest BCUT2D eigenvalue weighted by molar-refractivity contribution is 1.33. The highest BCUT2D eigenvalue weighted by atomic mass is 35.5. The summed E-state index contributed by atoms with van der Waals surface area (Å²) in [5.74, 6) is 0.745. The Hall–Kier alpha value is -1.56. The molecule has 20 heavy (non-hydrogen) atoms. The molecule has 1 heterocycles. The first-order chi connectivity index (χ1) is 9.81. The van der Waals surface area contributed by atoms with Crippen molar-refractivity contribution in [1.82, 2.24) is 9.36 Å². The Morgan fingerprint density at radius 2 is 1.75 bits per heavy atom. The molecule has 0 aliphatic rings. The second-order valence-corrected chi connectivity index (χ2v) is 6.02. The molecule has 0 saturated heterocycles. The lowest BCUT2D eigenvalue weighted by atomic mass is 10.2. The number of hydrogen-bond donors (Lipinski definition) is 1. The molecule has 2 aromatic carbocycles. The van der Waals surface area contributed by atoms with Gasteiger partial charge in [0.05, 0.1) is 0 Å². The van der Waals surface area contributed by atoms with Crippen LogP contribution in [0.3, 0.4) is 0 Å². The molecule has 3 aromatic rings. The van der Waals surface area contributed by atoms with Crippen molar-refractivity contribution in [2.24, 2.45) is 0 Å². The normalized spacial score (nSPS) is 10.4. The molecular formula is C14H10ClN3S2. The maximum Gasteiger partial charge on any atom is 0.213 e. The van der Waals surface area contributed by atoms with E-state index in [1.54, 1.807) is 0 Å². The van der Waals surface area contributed by atoms with Gasteiger partial charge in [-0.3, -0.25) is 0 Å². The molecule has 100 valence electrons. The molecule has 0 aliphatic carbocycles. The van der Waals surface area contributed by atoms with Gasteiger partial charge in [-0.15, -0.1) is 0 Å². The topological polar surface area (TPSA) is 37.8 Å². The number of rotatable bonds is 4. The zero-order chi connectivity index (χ0) is 13.8. The summed E-state index contributed by atoms with van der Waals surface area (Å²) in [5.41, 5.74) is 1.02. The molecule has 3 nitrogen and oxygen atoms in total. The summed E-state index contributed by atoms with van der Waals surface area (Å²) < 4.78 is 7.54. The van der Waals surface area contributed by atoms with Gasteiger partial charge in [0.25, 0.3) is 0 Å². The molecule has 1 N–H and O–H groups in total. The SMILES string of the molecule is Clc1ccc(SNc2nc(-c3ccccc3)ns2)cc1. The standard InChI is InChI=1S/C14H10ClN3S2/c15-11-6-8-12(9-7-11)19-18-14-16-13(17-20-14)10-4-2-1-3-5-10/h1-9H,(H,16,17,18). The van der Waals surface area contributed by atoms with Crippen molar-refractivity contribution in [2.75, 3.05) is 4.72 Å². The smallest absolute Gasteiger partial charge is 0.213 e. The Bertz CT molecular complexity index is 683. The Morgan fingerprint density at radius 3 is 2.50 bits per heavy atom. The molecule has 0 spiro atoms.